The van der Waals surface area contributed by atoms with Gasteiger partial charge in [0, 0.05) is 6.54 Å². The molecule has 0 atom stereocenters. The largest absolute Gasteiger partial charge is 0.482 e. The second kappa shape index (κ2) is 8.71. The average molecular weight is 352 g/mol. The molecular formula is C20H20N2O4. The zero-order valence-corrected chi connectivity index (χ0v) is 14.2. The minimum Gasteiger partial charge on any atom is -0.482 e. The second-order valence-electron chi connectivity index (χ2n) is 5.77. The highest BCUT2D eigenvalue weighted by atomic mass is 16.5. The van der Waals surface area contributed by atoms with Crippen molar-refractivity contribution in [2.45, 2.75) is 13.0 Å². The molecule has 6 heteroatoms. The van der Waals surface area contributed by atoms with Gasteiger partial charge in [-0.3, -0.25) is 4.79 Å². The number of carbonyl (C=O) groups is 2. The van der Waals surface area contributed by atoms with Gasteiger partial charge in [0.1, 0.15) is 12.4 Å². The summed E-state index contributed by atoms with van der Waals surface area (Å²) in [5.74, 6) is 0.514. The number of amides is 2. The maximum absolute atomic E-state index is 11.6. The monoisotopic (exact) mass is 352 g/mol. The summed E-state index contributed by atoms with van der Waals surface area (Å²) in [5, 5.41) is 5.46. The Morgan fingerprint density at radius 1 is 1.23 bits per heavy atom. The Kier molecular flexibility index (Phi) is 5.88. The molecule has 2 N–H and O–H groups in total. The summed E-state index contributed by atoms with van der Waals surface area (Å²) >= 11 is 0. The lowest BCUT2D eigenvalue weighted by Crippen LogP contribution is -2.25. The number of benzene rings is 2. The third kappa shape index (κ3) is 5.11. The summed E-state index contributed by atoms with van der Waals surface area (Å²) in [6, 6.07) is 15.1. The van der Waals surface area contributed by atoms with E-state index in [2.05, 4.69) is 10.6 Å². The Labute approximate surface area is 151 Å². The van der Waals surface area contributed by atoms with Crippen LogP contribution in [0.25, 0.3) is 6.08 Å². The van der Waals surface area contributed by atoms with E-state index >= 15 is 0 Å². The molecule has 0 fully saturated rings. The lowest BCUT2D eigenvalue weighted by Gasteiger charge is -2.17. The molecule has 0 unspecified atom stereocenters. The van der Waals surface area contributed by atoms with E-state index in [4.69, 9.17) is 9.47 Å². The lowest BCUT2D eigenvalue weighted by molar-refractivity contribution is -0.118. The van der Waals surface area contributed by atoms with Crippen molar-refractivity contribution >= 4 is 23.8 Å². The Hall–Kier alpha value is -3.28. The molecule has 0 bridgehead atoms. The Morgan fingerprint density at radius 2 is 2.08 bits per heavy atom. The Balaban J connectivity index is 1.38. The number of rotatable bonds is 6. The van der Waals surface area contributed by atoms with Gasteiger partial charge in [0.2, 0.25) is 0 Å². The van der Waals surface area contributed by atoms with Crippen LogP contribution in [-0.4, -0.2) is 25.2 Å². The molecule has 0 saturated heterocycles. The van der Waals surface area contributed by atoms with E-state index in [9.17, 15) is 9.59 Å². The molecule has 0 aliphatic carbocycles. The quantitative estimate of drug-likeness (QED) is 0.782. The first kappa shape index (κ1) is 17.5. The van der Waals surface area contributed by atoms with Gasteiger partial charge in [0.15, 0.2) is 6.61 Å². The van der Waals surface area contributed by atoms with Crippen molar-refractivity contribution < 1.29 is 19.1 Å². The first-order valence-electron chi connectivity index (χ1n) is 8.38. The molecule has 1 aliphatic rings. The smallest absolute Gasteiger partial charge is 0.407 e. The van der Waals surface area contributed by atoms with Crippen molar-refractivity contribution in [3.8, 4) is 5.75 Å². The molecule has 3 rings (SSSR count). The van der Waals surface area contributed by atoms with Gasteiger partial charge in [-0.25, -0.2) is 4.79 Å². The number of nitrogens with one attached hydrogen (secondary N) is 2. The first-order chi connectivity index (χ1) is 12.7. The van der Waals surface area contributed by atoms with Crippen molar-refractivity contribution in [2.24, 2.45) is 0 Å². The topological polar surface area (TPSA) is 76.7 Å². The predicted molar refractivity (Wildman–Crippen MR) is 98.8 cm³/mol. The second-order valence-corrected chi connectivity index (χ2v) is 5.77. The summed E-state index contributed by atoms with van der Waals surface area (Å²) in [6.07, 6.45) is 4.15. The van der Waals surface area contributed by atoms with Crippen molar-refractivity contribution in [1.82, 2.24) is 5.32 Å². The number of ether oxygens (including phenoxy) is 2. The molecule has 26 heavy (non-hydrogen) atoms. The van der Waals surface area contributed by atoms with Crippen molar-refractivity contribution in [3.63, 3.8) is 0 Å². The van der Waals surface area contributed by atoms with Crippen LogP contribution in [0.1, 0.15) is 17.5 Å². The fourth-order valence-corrected chi connectivity index (χ4v) is 2.45. The predicted octanol–water partition coefficient (Wildman–Crippen LogP) is 3.35. The van der Waals surface area contributed by atoms with Crippen LogP contribution in [0.15, 0.2) is 54.6 Å². The van der Waals surface area contributed by atoms with E-state index in [0.717, 1.165) is 11.1 Å². The highest BCUT2D eigenvalue weighted by Gasteiger charge is 2.15. The maximum Gasteiger partial charge on any atom is 0.407 e. The minimum atomic E-state index is -0.430. The zero-order chi connectivity index (χ0) is 18.2. The van der Waals surface area contributed by atoms with Crippen LogP contribution in [0, 0.1) is 0 Å². The highest BCUT2D eigenvalue weighted by molar-refractivity contribution is 5.95. The molecule has 0 saturated carbocycles. The van der Waals surface area contributed by atoms with Gasteiger partial charge < -0.3 is 20.1 Å². The SMILES string of the molecule is O=C1COc2cc(C=CCCNC(=O)OCc3ccccc3)ccc2N1. The summed E-state index contributed by atoms with van der Waals surface area (Å²) in [5.41, 5.74) is 2.60. The number of anilines is 1. The number of carbonyl (C=O) groups excluding carboxylic acids is 2. The molecule has 1 aliphatic heterocycles. The van der Waals surface area contributed by atoms with E-state index in [-0.39, 0.29) is 19.1 Å². The number of hydrogen-bond donors (Lipinski definition) is 2. The molecular weight excluding hydrogens is 332 g/mol. The molecule has 6 nitrogen and oxygen atoms in total. The average Bonchev–Trinajstić information content (AvgIpc) is 2.67. The van der Waals surface area contributed by atoms with Crippen molar-refractivity contribution in [3.05, 3.63) is 65.7 Å². The number of alkyl carbamates (subject to hydrolysis) is 1. The summed E-state index contributed by atoms with van der Waals surface area (Å²) in [7, 11) is 0. The number of hydrogen-bond acceptors (Lipinski definition) is 4. The van der Waals surface area contributed by atoms with E-state index in [0.29, 0.717) is 24.4 Å². The van der Waals surface area contributed by atoms with E-state index in [1.54, 1.807) is 0 Å². The van der Waals surface area contributed by atoms with Crippen molar-refractivity contribution in [2.75, 3.05) is 18.5 Å². The zero-order valence-electron chi connectivity index (χ0n) is 14.2. The Morgan fingerprint density at radius 3 is 2.92 bits per heavy atom. The highest BCUT2D eigenvalue weighted by Crippen LogP contribution is 2.28. The van der Waals surface area contributed by atoms with Gasteiger partial charge in [0.05, 0.1) is 5.69 Å². The van der Waals surface area contributed by atoms with Gasteiger partial charge in [-0.1, -0.05) is 48.6 Å². The summed E-state index contributed by atoms with van der Waals surface area (Å²) in [6.45, 7) is 0.783. The standard InChI is InChI=1S/C20H20N2O4/c23-19-14-25-18-12-15(9-10-17(18)22-19)6-4-5-11-21-20(24)26-13-16-7-2-1-3-8-16/h1-4,6-10,12H,5,11,13-14H2,(H,21,24)(H,22,23). The fourth-order valence-electron chi connectivity index (χ4n) is 2.45. The third-order valence-electron chi connectivity index (χ3n) is 3.74. The van der Waals surface area contributed by atoms with Crippen LogP contribution in [0.3, 0.4) is 0 Å². The summed E-state index contributed by atoms with van der Waals surface area (Å²) < 4.78 is 10.5. The molecule has 1 heterocycles. The van der Waals surface area contributed by atoms with Gasteiger partial charge in [-0.2, -0.15) is 0 Å². The van der Waals surface area contributed by atoms with Crippen LogP contribution < -0.4 is 15.4 Å². The first-order valence-corrected chi connectivity index (χ1v) is 8.38. The molecule has 0 radical (unpaired) electrons. The maximum atomic E-state index is 11.6. The molecule has 0 aromatic heterocycles. The summed E-state index contributed by atoms with van der Waals surface area (Å²) in [4.78, 5) is 22.9. The third-order valence-corrected chi connectivity index (χ3v) is 3.74. The van der Waals surface area contributed by atoms with Crippen LogP contribution in [0.2, 0.25) is 0 Å². The van der Waals surface area contributed by atoms with Crippen LogP contribution in [-0.2, 0) is 16.1 Å². The molecule has 2 aromatic rings. The van der Waals surface area contributed by atoms with E-state index < -0.39 is 6.09 Å². The van der Waals surface area contributed by atoms with Crippen LogP contribution in [0.5, 0.6) is 5.75 Å². The van der Waals surface area contributed by atoms with Crippen molar-refractivity contribution in [1.29, 1.82) is 0 Å². The lowest BCUT2D eigenvalue weighted by atomic mass is 10.1. The van der Waals surface area contributed by atoms with Gasteiger partial charge in [-0.05, 0) is 29.7 Å². The Bertz CT molecular complexity index is 803. The molecule has 2 amide bonds. The van der Waals surface area contributed by atoms with E-state index in [1.165, 1.54) is 0 Å². The van der Waals surface area contributed by atoms with Gasteiger partial charge in [0.25, 0.3) is 5.91 Å². The van der Waals surface area contributed by atoms with Gasteiger partial charge >= 0.3 is 6.09 Å². The number of fused-ring (bicyclic) bond motifs is 1. The van der Waals surface area contributed by atoms with Gasteiger partial charge in [-0.15, -0.1) is 0 Å². The fraction of sp³-hybridized carbons (Fsp3) is 0.200. The molecule has 134 valence electrons. The van der Waals surface area contributed by atoms with Crippen LogP contribution in [0.4, 0.5) is 10.5 Å². The normalized spacial score (nSPS) is 12.8. The van der Waals surface area contributed by atoms with Crippen LogP contribution >= 0.6 is 0 Å². The molecule has 0 spiro atoms. The minimum absolute atomic E-state index is 0.0369. The molecule has 2 aromatic carbocycles. The van der Waals surface area contributed by atoms with E-state index in [1.807, 2.05) is 60.7 Å².